The number of hydrogen-bond donors (Lipinski definition) is 1. The van der Waals surface area contributed by atoms with Crippen LogP contribution >= 0.6 is 23.3 Å². The molecule has 21 heavy (non-hydrogen) atoms. The van der Waals surface area contributed by atoms with Crippen LogP contribution in [0.3, 0.4) is 0 Å². The van der Waals surface area contributed by atoms with Crippen LogP contribution in [0.15, 0.2) is 0 Å². The summed E-state index contributed by atoms with van der Waals surface area (Å²) >= 11 is 3.62. The van der Waals surface area contributed by atoms with Crippen LogP contribution < -0.4 is 5.32 Å². The van der Waals surface area contributed by atoms with Crippen molar-refractivity contribution in [2.24, 2.45) is 5.92 Å². The molecule has 1 aromatic heterocycles. The van der Waals surface area contributed by atoms with Gasteiger partial charge in [-0.05, 0) is 55.9 Å². The molecule has 1 N–H and O–H groups in total. The van der Waals surface area contributed by atoms with Crippen molar-refractivity contribution in [2.45, 2.75) is 50.7 Å². The minimum absolute atomic E-state index is 0.145. The first-order valence-electron chi connectivity index (χ1n) is 7.98. The van der Waals surface area contributed by atoms with Gasteiger partial charge in [0.05, 0.1) is 16.2 Å². The average molecular weight is 328 g/mol. The van der Waals surface area contributed by atoms with E-state index in [1.165, 1.54) is 34.9 Å². The highest BCUT2D eigenvalue weighted by atomic mass is 32.2. The Hall–Kier alpha value is -0.170. The van der Waals surface area contributed by atoms with E-state index in [1.807, 2.05) is 11.8 Å². The molecule has 3 unspecified atom stereocenters. The van der Waals surface area contributed by atoms with E-state index >= 15 is 0 Å². The van der Waals surface area contributed by atoms with Gasteiger partial charge in [-0.15, -0.1) is 5.10 Å². The lowest BCUT2D eigenvalue weighted by Gasteiger charge is -2.40. The predicted octanol–water partition coefficient (Wildman–Crippen LogP) is 3.05. The summed E-state index contributed by atoms with van der Waals surface area (Å²) in [5.41, 5.74) is 1.34. The molecular weight excluding hydrogens is 302 g/mol. The first-order chi connectivity index (χ1) is 10.3. The maximum atomic E-state index is 6.17. The van der Waals surface area contributed by atoms with Gasteiger partial charge in [-0.2, -0.15) is 11.8 Å². The van der Waals surface area contributed by atoms with Crippen LogP contribution in [0.2, 0.25) is 0 Å². The minimum atomic E-state index is 0.145. The Morgan fingerprint density at radius 1 is 1.52 bits per heavy atom. The Kier molecular flexibility index (Phi) is 5.19. The first-order valence-corrected chi connectivity index (χ1v) is 9.91. The van der Waals surface area contributed by atoms with Crippen molar-refractivity contribution in [2.75, 3.05) is 25.2 Å². The third-order valence-electron chi connectivity index (χ3n) is 4.74. The minimum Gasteiger partial charge on any atom is -0.374 e. The van der Waals surface area contributed by atoms with Crippen LogP contribution in [0.5, 0.6) is 0 Å². The molecule has 0 aliphatic carbocycles. The molecule has 3 heterocycles. The van der Waals surface area contributed by atoms with Crippen LogP contribution in [0.25, 0.3) is 0 Å². The van der Waals surface area contributed by atoms with Gasteiger partial charge in [-0.25, -0.2) is 0 Å². The van der Waals surface area contributed by atoms with Crippen LogP contribution in [-0.2, 0) is 11.2 Å². The molecule has 3 atom stereocenters. The lowest BCUT2D eigenvalue weighted by molar-refractivity contribution is -0.0849. The molecule has 0 amide bonds. The summed E-state index contributed by atoms with van der Waals surface area (Å²) in [5.74, 6) is 3.06. The van der Waals surface area contributed by atoms with E-state index in [0.29, 0.717) is 12.0 Å². The molecule has 4 nitrogen and oxygen atoms in total. The van der Waals surface area contributed by atoms with Gasteiger partial charge in [0, 0.05) is 18.4 Å². The molecule has 118 valence electrons. The highest BCUT2D eigenvalue weighted by Crippen LogP contribution is 2.44. The van der Waals surface area contributed by atoms with Gasteiger partial charge in [-0.3, -0.25) is 0 Å². The summed E-state index contributed by atoms with van der Waals surface area (Å²) in [4.78, 5) is 1.35. The highest BCUT2D eigenvalue weighted by Gasteiger charge is 2.43. The summed E-state index contributed by atoms with van der Waals surface area (Å²) in [7, 11) is 2.08. The molecule has 2 fully saturated rings. The fraction of sp³-hybridized carbons (Fsp3) is 0.867. The molecule has 1 spiro atoms. The summed E-state index contributed by atoms with van der Waals surface area (Å²) < 4.78 is 10.4. The van der Waals surface area contributed by atoms with E-state index in [2.05, 4.69) is 28.9 Å². The Balaban J connectivity index is 1.77. The topological polar surface area (TPSA) is 47.0 Å². The van der Waals surface area contributed by atoms with Crippen molar-refractivity contribution in [1.82, 2.24) is 14.9 Å². The van der Waals surface area contributed by atoms with Crippen LogP contribution in [0.4, 0.5) is 0 Å². The van der Waals surface area contributed by atoms with Crippen molar-refractivity contribution < 1.29 is 4.74 Å². The van der Waals surface area contributed by atoms with Gasteiger partial charge < -0.3 is 10.1 Å². The number of aromatic nitrogens is 2. The van der Waals surface area contributed by atoms with E-state index in [1.54, 1.807) is 11.5 Å². The first kappa shape index (κ1) is 15.7. The predicted molar refractivity (Wildman–Crippen MR) is 89.1 cm³/mol. The quantitative estimate of drug-likeness (QED) is 0.900. The molecule has 0 bridgehead atoms. The number of rotatable bonds is 5. The smallest absolute Gasteiger partial charge is 0.0803 e. The van der Waals surface area contributed by atoms with Crippen LogP contribution in [-0.4, -0.2) is 40.3 Å². The zero-order valence-electron chi connectivity index (χ0n) is 12.9. The van der Waals surface area contributed by atoms with E-state index < -0.39 is 0 Å². The Labute approximate surface area is 135 Å². The van der Waals surface area contributed by atoms with Crippen molar-refractivity contribution in [1.29, 1.82) is 0 Å². The fourth-order valence-corrected chi connectivity index (χ4v) is 5.93. The Morgan fingerprint density at radius 3 is 3.14 bits per heavy atom. The molecule has 0 radical (unpaired) electrons. The summed E-state index contributed by atoms with van der Waals surface area (Å²) in [6.07, 6.45) is 5.70. The number of aryl methyl sites for hydroxylation is 1. The second-order valence-corrected chi connectivity index (χ2v) is 8.08. The monoisotopic (exact) mass is 327 g/mol. The normalized spacial score (nSPS) is 30.9. The maximum Gasteiger partial charge on any atom is 0.0803 e. The lowest BCUT2D eigenvalue weighted by Crippen LogP contribution is -2.43. The van der Waals surface area contributed by atoms with Gasteiger partial charge in [0.25, 0.3) is 0 Å². The van der Waals surface area contributed by atoms with Crippen molar-refractivity contribution in [3.63, 3.8) is 0 Å². The number of nitrogens with one attached hydrogen (secondary N) is 1. The zero-order valence-corrected chi connectivity index (χ0v) is 14.6. The van der Waals surface area contributed by atoms with E-state index in [0.717, 1.165) is 25.9 Å². The summed E-state index contributed by atoms with van der Waals surface area (Å²) in [6.45, 7) is 3.11. The second-order valence-electron chi connectivity index (χ2n) is 6.19. The standard InChI is InChI=1S/C15H25N3OS2/c1-3-4-12-14(21-18-17-12)13(16-2)11-5-7-19-15(9-11)6-8-20-10-15/h11,13,16H,3-10H2,1-2H3. The van der Waals surface area contributed by atoms with Crippen molar-refractivity contribution in [3.8, 4) is 0 Å². The average Bonchev–Trinajstić information content (AvgIpc) is 3.12. The Bertz CT molecular complexity index is 460. The zero-order chi connectivity index (χ0) is 14.7. The van der Waals surface area contributed by atoms with Gasteiger partial charge in [0.2, 0.25) is 0 Å². The van der Waals surface area contributed by atoms with E-state index in [-0.39, 0.29) is 5.60 Å². The molecule has 1 aromatic rings. The number of nitrogens with zero attached hydrogens (tertiary/aromatic N) is 2. The molecule has 0 aromatic carbocycles. The van der Waals surface area contributed by atoms with Crippen molar-refractivity contribution >= 4 is 23.3 Å². The van der Waals surface area contributed by atoms with Crippen LogP contribution in [0, 0.1) is 5.92 Å². The third kappa shape index (κ3) is 3.28. The fourth-order valence-electron chi connectivity index (χ4n) is 3.66. The summed E-state index contributed by atoms with van der Waals surface area (Å²) in [5, 5.41) is 7.90. The number of thioether (sulfide) groups is 1. The van der Waals surface area contributed by atoms with E-state index in [9.17, 15) is 0 Å². The molecule has 0 saturated carbocycles. The number of ether oxygens (including phenoxy) is 1. The van der Waals surface area contributed by atoms with Gasteiger partial charge >= 0.3 is 0 Å². The third-order valence-corrected chi connectivity index (χ3v) is 6.81. The number of hydrogen-bond acceptors (Lipinski definition) is 6. The van der Waals surface area contributed by atoms with E-state index in [4.69, 9.17) is 4.74 Å². The molecule has 2 aliphatic heterocycles. The molecule has 6 heteroatoms. The second kappa shape index (κ2) is 6.94. The molecule has 2 saturated heterocycles. The molecule has 2 aliphatic rings. The summed E-state index contributed by atoms with van der Waals surface area (Å²) in [6, 6.07) is 0.387. The van der Waals surface area contributed by atoms with Crippen molar-refractivity contribution in [3.05, 3.63) is 10.6 Å². The maximum absolute atomic E-state index is 6.17. The van der Waals surface area contributed by atoms with Gasteiger partial charge in [0.15, 0.2) is 0 Å². The lowest BCUT2D eigenvalue weighted by atomic mass is 9.80. The highest BCUT2D eigenvalue weighted by molar-refractivity contribution is 7.99. The largest absolute Gasteiger partial charge is 0.374 e. The Morgan fingerprint density at radius 2 is 2.43 bits per heavy atom. The SMILES string of the molecule is CCCc1nnsc1C(NC)C1CCOC2(CCSC2)C1. The van der Waals surface area contributed by atoms with Crippen LogP contribution in [0.1, 0.15) is 49.2 Å². The van der Waals surface area contributed by atoms with Gasteiger partial charge in [-0.1, -0.05) is 17.8 Å². The molecular formula is C15H25N3OS2. The molecule has 3 rings (SSSR count). The van der Waals surface area contributed by atoms with Gasteiger partial charge in [0.1, 0.15) is 0 Å².